The number of guanidine groups is 1. The van der Waals surface area contributed by atoms with Gasteiger partial charge in [0, 0.05) is 42.2 Å². The molecule has 0 aliphatic carbocycles. The molecule has 0 spiro atoms. The molecule has 1 fully saturated rings. The zero-order chi connectivity index (χ0) is 24.0. The van der Waals surface area contributed by atoms with E-state index in [0.29, 0.717) is 28.9 Å². The van der Waals surface area contributed by atoms with Gasteiger partial charge in [0.25, 0.3) is 0 Å². The molecule has 1 heterocycles. The van der Waals surface area contributed by atoms with Crippen molar-refractivity contribution in [2.45, 2.75) is 19.9 Å². The van der Waals surface area contributed by atoms with Gasteiger partial charge in [-0.05, 0) is 54.4 Å². The lowest BCUT2D eigenvalue weighted by Gasteiger charge is -2.22. The summed E-state index contributed by atoms with van der Waals surface area (Å²) in [6.45, 7) is 5.19. The van der Waals surface area contributed by atoms with Crippen molar-refractivity contribution in [1.29, 1.82) is 5.26 Å². The number of anilines is 3. The van der Waals surface area contributed by atoms with Crippen LogP contribution < -0.4 is 20.9 Å². The maximum atomic E-state index is 12.9. The fourth-order valence-electron chi connectivity index (χ4n) is 3.41. The number of nitriles is 1. The molecule has 1 atom stereocenters. The number of benzene rings is 2. The Morgan fingerprint density at radius 3 is 2.24 bits per heavy atom. The fraction of sp³-hybridized carbons (Fsp3) is 0.304. The summed E-state index contributed by atoms with van der Waals surface area (Å²) in [6.07, 6.45) is 1.84. The van der Waals surface area contributed by atoms with Crippen LogP contribution in [0.25, 0.3) is 0 Å². The molecule has 1 unspecified atom stereocenters. The van der Waals surface area contributed by atoms with E-state index >= 15 is 0 Å². The van der Waals surface area contributed by atoms with Crippen LogP contribution >= 0.6 is 11.6 Å². The molecule has 3 amide bonds. The first-order valence-corrected chi connectivity index (χ1v) is 10.9. The Balaban J connectivity index is 1.63. The largest absolute Gasteiger partial charge is 0.343 e. The van der Waals surface area contributed by atoms with E-state index in [0.717, 1.165) is 12.2 Å². The summed E-state index contributed by atoms with van der Waals surface area (Å²) < 4.78 is 0. The summed E-state index contributed by atoms with van der Waals surface area (Å²) in [6, 6.07) is 12.7. The predicted molar refractivity (Wildman–Crippen MR) is 130 cm³/mol. The molecule has 1 saturated heterocycles. The molecule has 2 aromatic rings. The maximum Gasteiger partial charge on any atom is 0.319 e. The van der Waals surface area contributed by atoms with Gasteiger partial charge in [-0.2, -0.15) is 5.26 Å². The molecule has 172 valence electrons. The number of likely N-dealkylation sites (N-methyl/N-ethyl adjacent to an activating group) is 1. The topological polar surface area (TPSA) is 113 Å². The lowest BCUT2D eigenvalue weighted by molar-refractivity contribution is -0.118. The number of halogens is 1. The van der Waals surface area contributed by atoms with Crippen LogP contribution in [0.2, 0.25) is 5.02 Å². The van der Waals surface area contributed by atoms with Crippen molar-refractivity contribution in [3.8, 4) is 6.19 Å². The summed E-state index contributed by atoms with van der Waals surface area (Å²) in [5, 5.41) is 17.8. The summed E-state index contributed by atoms with van der Waals surface area (Å²) in [5.41, 5.74) is 2.04. The quantitative estimate of drug-likeness (QED) is 0.560. The Morgan fingerprint density at radius 1 is 1.03 bits per heavy atom. The first-order valence-electron chi connectivity index (χ1n) is 10.5. The van der Waals surface area contributed by atoms with Crippen LogP contribution in [0, 0.1) is 17.4 Å². The summed E-state index contributed by atoms with van der Waals surface area (Å²) in [5.74, 6) is 0.131. The molecule has 1 aliphatic rings. The lowest BCUT2D eigenvalue weighted by atomic mass is 10.0. The van der Waals surface area contributed by atoms with E-state index in [1.807, 2.05) is 49.0 Å². The highest BCUT2D eigenvalue weighted by Crippen LogP contribution is 2.22. The van der Waals surface area contributed by atoms with Gasteiger partial charge >= 0.3 is 6.03 Å². The van der Waals surface area contributed by atoms with Crippen LogP contribution in [0.4, 0.5) is 21.9 Å². The third-order valence-corrected chi connectivity index (χ3v) is 5.43. The van der Waals surface area contributed by atoms with Crippen LogP contribution in [0.1, 0.15) is 13.8 Å². The third kappa shape index (κ3) is 6.14. The third-order valence-electron chi connectivity index (χ3n) is 5.18. The van der Waals surface area contributed by atoms with Crippen LogP contribution in [0.5, 0.6) is 0 Å². The molecule has 9 nitrogen and oxygen atoms in total. The van der Waals surface area contributed by atoms with Crippen molar-refractivity contribution in [3.63, 3.8) is 0 Å². The minimum absolute atomic E-state index is 0.134. The average Bonchev–Trinajstić information content (AvgIpc) is 3.14. The van der Waals surface area contributed by atoms with E-state index in [1.54, 1.807) is 36.4 Å². The monoisotopic (exact) mass is 467 g/mol. The zero-order valence-corrected chi connectivity index (χ0v) is 19.4. The second-order valence-corrected chi connectivity index (χ2v) is 8.38. The Kier molecular flexibility index (Phi) is 7.74. The molecule has 0 bridgehead atoms. The van der Waals surface area contributed by atoms with Gasteiger partial charge in [0.15, 0.2) is 0 Å². The van der Waals surface area contributed by atoms with Crippen molar-refractivity contribution in [1.82, 2.24) is 10.2 Å². The number of urea groups is 1. The Bertz CT molecular complexity index is 1060. The molecule has 0 radical (unpaired) electrons. The number of carbonyl (C=O) groups excluding carboxylic acids is 2. The van der Waals surface area contributed by atoms with Crippen LogP contribution in [-0.4, -0.2) is 49.0 Å². The van der Waals surface area contributed by atoms with E-state index in [4.69, 9.17) is 16.9 Å². The highest BCUT2D eigenvalue weighted by Gasteiger charge is 2.26. The summed E-state index contributed by atoms with van der Waals surface area (Å²) >= 11 is 5.86. The van der Waals surface area contributed by atoms with Crippen molar-refractivity contribution in [3.05, 3.63) is 53.6 Å². The van der Waals surface area contributed by atoms with Gasteiger partial charge in [0.1, 0.15) is 6.04 Å². The highest BCUT2D eigenvalue weighted by atomic mass is 35.5. The Hall–Kier alpha value is -3.77. The number of nitrogens with zero attached hydrogens (tertiary/aromatic N) is 4. The number of hydrogen-bond acceptors (Lipinski definition) is 4. The standard InChI is InChI=1S/C23H26ClN7O2/c1-15(2)20(29-22(33)28-18-6-4-16(24)5-7-18)21(32)27-17-8-10-19(11-9-17)31-13-12-30(3)23(31)26-14-25/h4-11,15,20H,12-13H2,1-3H3,(H,27,32)(H2,28,29,33). The number of aliphatic imine (C=N–C) groups is 1. The molecular weight excluding hydrogens is 442 g/mol. The molecule has 0 aromatic heterocycles. The van der Waals surface area contributed by atoms with Gasteiger partial charge in [-0.3, -0.25) is 4.79 Å². The summed E-state index contributed by atoms with van der Waals surface area (Å²) in [7, 11) is 1.88. The highest BCUT2D eigenvalue weighted by molar-refractivity contribution is 6.30. The van der Waals surface area contributed by atoms with Gasteiger partial charge in [-0.15, -0.1) is 4.99 Å². The van der Waals surface area contributed by atoms with Gasteiger partial charge in [-0.25, -0.2) is 4.79 Å². The minimum Gasteiger partial charge on any atom is -0.343 e. The molecule has 1 aliphatic heterocycles. The van der Waals surface area contributed by atoms with Gasteiger partial charge < -0.3 is 25.8 Å². The fourth-order valence-corrected chi connectivity index (χ4v) is 3.54. The van der Waals surface area contributed by atoms with Crippen molar-refractivity contribution in [2.75, 3.05) is 35.7 Å². The van der Waals surface area contributed by atoms with E-state index < -0.39 is 12.1 Å². The summed E-state index contributed by atoms with van der Waals surface area (Å²) in [4.78, 5) is 33.0. The van der Waals surface area contributed by atoms with Gasteiger partial charge in [0.2, 0.25) is 18.1 Å². The number of hydrogen-bond donors (Lipinski definition) is 3. The first-order chi connectivity index (χ1) is 15.8. The van der Waals surface area contributed by atoms with Gasteiger partial charge in [-0.1, -0.05) is 25.4 Å². The van der Waals surface area contributed by atoms with Crippen molar-refractivity contribution >= 4 is 46.6 Å². The maximum absolute atomic E-state index is 12.9. The number of rotatable bonds is 6. The minimum atomic E-state index is -0.737. The molecule has 10 heteroatoms. The first kappa shape index (κ1) is 23.9. The normalized spacial score (nSPS) is 15.3. The molecule has 2 aromatic carbocycles. The smallest absolute Gasteiger partial charge is 0.319 e. The molecular formula is C23H26ClN7O2. The van der Waals surface area contributed by atoms with Crippen molar-refractivity contribution < 1.29 is 9.59 Å². The van der Waals surface area contributed by atoms with E-state index in [-0.39, 0.29) is 11.8 Å². The molecule has 3 rings (SSSR count). The molecule has 3 N–H and O–H groups in total. The Labute approximate surface area is 198 Å². The van der Waals surface area contributed by atoms with E-state index in [2.05, 4.69) is 20.9 Å². The number of carbonyl (C=O) groups is 2. The second-order valence-electron chi connectivity index (χ2n) is 7.95. The van der Waals surface area contributed by atoms with Crippen LogP contribution in [0.15, 0.2) is 53.5 Å². The van der Waals surface area contributed by atoms with E-state index in [9.17, 15) is 9.59 Å². The SMILES string of the molecule is CC(C)C(NC(=O)Nc1ccc(Cl)cc1)C(=O)Nc1ccc(N2CCN(C)C2=NC#N)cc1. The predicted octanol–water partition coefficient (Wildman–Crippen LogP) is 3.71. The Morgan fingerprint density at radius 2 is 1.64 bits per heavy atom. The lowest BCUT2D eigenvalue weighted by Crippen LogP contribution is -2.48. The number of nitrogens with one attached hydrogen (secondary N) is 3. The van der Waals surface area contributed by atoms with Crippen LogP contribution in [0.3, 0.4) is 0 Å². The van der Waals surface area contributed by atoms with Crippen LogP contribution in [-0.2, 0) is 4.79 Å². The molecule has 33 heavy (non-hydrogen) atoms. The average molecular weight is 468 g/mol. The zero-order valence-electron chi connectivity index (χ0n) is 18.7. The second kappa shape index (κ2) is 10.7. The number of amides is 3. The van der Waals surface area contributed by atoms with Crippen molar-refractivity contribution in [2.24, 2.45) is 10.9 Å². The van der Waals surface area contributed by atoms with Gasteiger partial charge in [0.05, 0.1) is 0 Å². The molecule has 0 saturated carbocycles. The van der Waals surface area contributed by atoms with E-state index in [1.165, 1.54) is 0 Å².